The van der Waals surface area contributed by atoms with Gasteiger partial charge in [0.15, 0.2) is 5.16 Å². The first-order valence-corrected chi connectivity index (χ1v) is 9.62. The molecule has 1 aromatic rings. The molecule has 1 heterocycles. The van der Waals surface area contributed by atoms with Crippen molar-refractivity contribution in [1.29, 1.82) is 0 Å². The number of aromatic amines is 1. The first-order chi connectivity index (χ1) is 11.1. The number of unbranched alkanes of at least 4 members (excludes halogenated alkanes) is 1. The second kappa shape index (κ2) is 9.15. The fourth-order valence-electron chi connectivity index (χ4n) is 2.86. The van der Waals surface area contributed by atoms with Gasteiger partial charge in [-0.2, -0.15) is 0 Å². The van der Waals surface area contributed by atoms with Crippen molar-refractivity contribution in [1.82, 2.24) is 20.1 Å². The van der Waals surface area contributed by atoms with E-state index >= 15 is 0 Å². The molecule has 1 saturated carbocycles. The van der Waals surface area contributed by atoms with Gasteiger partial charge < -0.3 is 5.32 Å². The van der Waals surface area contributed by atoms with E-state index in [1.807, 2.05) is 6.92 Å². The summed E-state index contributed by atoms with van der Waals surface area (Å²) in [4.78, 5) is 24.2. The standard InChI is InChI=1S/C16H28N4O2S/c1-3-4-11-20-15(22)18-19-16(20)23-12(2)14(21)17-13-9-7-5-6-8-10-13/h12-13H,3-11H2,1-2H3,(H,17,21)(H,18,22)/t12-/m0/s1. The third-order valence-corrected chi connectivity index (χ3v) is 5.40. The van der Waals surface area contributed by atoms with E-state index in [0.717, 1.165) is 25.7 Å². The molecule has 1 aliphatic carbocycles. The number of nitrogens with one attached hydrogen (secondary N) is 2. The Morgan fingerprint density at radius 1 is 1.39 bits per heavy atom. The van der Waals surface area contributed by atoms with Crippen LogP contribution in [0.4, 0.5) is 0 Å². The van der Waals surface area contributed by atoms with E-state index in [9.17, 15) is 9.59 Å². The van der Waals surface area contributed by atoms with Crippen LogP contribution in [0.15, 0.2) is 9.95 Å². The smallest absolute Gasteiger partial charge is 0.343 e. The zero-order chi connectivity index (χ0) is 16.7. The van der Waals surface area contributed by atoms with Gasteiger partial charge in [-0.3, -0.25) is 9.36 Å². The van der Waals surface area contributed by atoms with E-state index in [-0.39, 0.29) is 16.8 Å². The second-order valence-electron chi connectivity index (χ2n) is 6.27. The van der Waals surface area contributed by atoms with Crippen molar-refractivity contribution in [3.63, 3.8) is 0 Å². The van der Waals surface area contributed by atoms with Gasteiger partial charge in [0, 0.05) is 12.6 Å². The van der Waals surface area contributed by atoms with Crippen LogP contribution in [0.2, 0.25) is 0 Å². The van der Waals surface area contributed by atoms with Crippen molar-refractivity contribution in [2.45, 2.75) is 88.2 Å². The highest BCUT2D eigenvalue weighted by atomic mass is 32.2. The van der Waals surface area contributed by atoms with Gasteiger partial charge in [0.05, 0.1) is 5.25 Å². The van der Waals surface area contributed by atoms with Gasteiger partial charge in [0.1, 0.15) is 0 Å². The summed E-state index contributed by atoms with van der Waals surface area (Å²) in [7, 11) is 0. The molecule has 7 heteroatoms. The van der Waals surface area contributed by atoms with Crippen LogP contribution < -0.4 is 11.0 Å². The van der Waals surface area contributed by atoms with Crippen molar-refractivity contribution in [3.05, 3.63) is 10.5 Å². The first kappa shape index (κ1) is 18.1. The van der Waals surface area contributed by atoms with Crippen LogP contribution in [0.3, 0.4) is 0 Å². The number of hydrogen-bond acceptors (Lipinski definition) is 4. The van der Waals surface area contributed by atoms with Gasteiger partial charge in [-0.25, -0.2) is 9.89 Å². The Morgan fingerprint density at radius 3 is 2.74 bits per heavy atom. The second-order valence-corrected chi connectivity index (χ2v) is 7.58. The number of H-pyrrole nitrogens is 1. The Balaban J connectivity index is 1.91. The van der Waals surface area contributed by atoms with Gasteiger partial charge in [-0.1, -0.05) is 50.8 Å². The summed E-state index contributed by atoms with van der Waals surface area (Å²) >= 11 is 1.35. The van der Waals surface area contributed by atoms with E-state index in [4.69, 9.17) is 0 Å². The zero-order valence-electron chi connectivity index (χ0n) is 14.1. The van der Waals surface area contributed by atoms with Crippen LogP contribution in [0.1, 0.15) is 65.2 Å². The topological polar surface area (TPSA) is 79.8 Å². The van der Waals surface area contributed by atoms with Crippen molar-refractivity contribution in [2.24, 2.45) is 0 Å². The van der Waals surface area contributed by atoms with E-state index in [1.54, 1.807) is 4.57 Å². The normalized spacial score (nSPS) is 17.7. The molecule has 0 aromatic carbocycles. The summed E-state index contributed by atoms with van der Waals surface area (Å²) in [5.74, 6) is 0.0411. The average Bonchev–Trinajstić information content (AvgIpc) is 2.74. The molecule has 0 spiro atoms. The molecule has 1 amide bonds. The van der Waals surface area contributed by atoms with Gasteiger partial charge in [-0.05, 0) is 26.2 Å². The lowest BCUT2D eigenvalue weighted by molar-refractivity contribution is -0.121. The van der Waals surface area contributed by atoms with Crippen LogP contribution in [-0.4, -0.2) is 32.0 Å². The van der Waals surface area contributed by atoms with Crippen LogP contribution in [0, 0.1) is 0 Å². The summed E-state index contributed by atoms with van der Waals surface area (Å²) in [6.07, 6.45) is 9.03. The number of hydrogen-bond donors (Lipinski definition) is 2. The van der Waals surface area contributed by atoms with Crippen LogP contribution in [0.25, 0.3) is 0 Å². The number of carbonyl (C=O) groups excluding carboxylic acids is 1. The molecule has 23 heavy (non-hydrogen) atoms. The van der Waals surface area contributed by atoms with Gasteiger partial charge in [-0.15, -0.1) is 5.10 Å². The number of nitrogens with zero attached hydrogens (tertiary/aromatic N) is 2. The minimum Gasteiger partial charge on any atom is -0.352 e. The van der Waals surface area contributed by atoms with E-state index < -0.39 is 0 Å². The maximum absolute atomic E-state index is 12.4. The number of carbonyl (C=O) groups is 1. The van der Waals surface area contributed by atoms with E-state index in [1.165, 1.54) is 37.4 Å². The molecule has 130 valence electrons. The highest BCUT2D eigenvalue weighted by Crippen LogP contribution is 2.22. The fraction of sp³-hybridized carbons (Fsp3) is 0.812. The molecule has 2 N–H and O–H groups in total. The summed E-state index contributed by atoms with van der Waals surface area (Å²) in [5.41, 5.74) is -0.197. The number of aromatic nitrogens is 3. The SMILES string of the molecule is CCCCn1c(S[C@@H](C)C(=O)NC2CCCCCC2)n[nH]c1=O. The third-order valence-electron chi connectivity index (χ3n) is 4.31. The highest BCUT2D eigenvalue weighted by molar-refractivity contribution is 8.00. The molecule has 0 radical (unpaired) electrons. The predicted molar refractivity (Wildman–Crippen MR) is 92.7 cm³/mol. The molecular weight excluding hydrogens is 312 g/mol. The van der Waals surface area contributed by atoms with Crippen LogP contribution in [0.5, 0.6) is 0 Å². The Bertz CT molecular complexity index is 547. The van der Waals surface area contributed by atoms with Crippen molar-refractivity contribution in [2.75, 3.05) is 0 Å². The Hall–Kier alpha value is -1.24. The molecule has 2 rings (SSSR count). The van der Waals surface area contributed by atoms with E-state index in [2.05, 4.69) is 22.4 Å². The lowest BCUT2D eigenvalue weighted by Crippen LogP contribution is -2.39. The minimum atomic E-state index is -0.256. The average molecular weight is 340 g/mol. The molecule has 0 aliphatic heterocycles. The summed E-state index contributed by atoms with van der Waals surface area (Å²) in [6.45, 7) is 4.60. The maximum atomic E-state index is 12.4. The summed E-state index contributed by atoms with van der Waals surface area (Å²) in [5, 5.41) is 10.1. The Labute approximate surface area is 141 Å². The Morgan fingerprint density at radius 2 is 2.09 bits per heavy atom. The highest BCUT2D eigenvalue weighted by Gasteiger charge is 2.22. The largest absolute Gasteiger partial charge is 0.352 e. The third kappa shape index (κ3) is 5.41. The molecular formula is C16H28N4O2S. The number of rotatable bonds is 7. The molecule has 1 aliphatic rings. The van der Waals surface area contributed by atoms with Gasteiger partial charge in [0.25, 0.3) is 0 Å². The molecule has 1 atom stereocenters. The molecule has 1 aromatic heterocycles. The quantitative estimate of drug-likeness (QED) is 0.591. The van der Waals surface area contributed by atoms with Gasteiger partial charge in [0.2, 0.25) is 5.91 Å². The molecule has 1 fully saturated rings. The maximum Gasteiger partial charge on any atom is 0.343 e. The van der Waals surface area contributed by atoms with Crippen molar-refractivity contribution < 1.29 is 4.79 Å². The van der Waals surface area contributed by atoms with Gasteiger partial charge >= 0.3 is 5.69 Å². The molecule has 0 bridgehead atoms. The monoisotopic (exact) mass is 340 g/mol. The minimum absolute atomic E-state index is 0.0411. The molecule has 0 saturated heterocycles. The van der Waals surface area contributed by atoms with Crippen molar-refractivity contribution in [3.8, 4) is 0 Å². The van der Waals surface area contributed by atoms with E-state index in [0.29, 0.717) is 17.7 Å². The van der Waals surface area contributed by atoms with Crippen LogP contribution >= 0.6 is 11.8 Å². The summed E-state index contributed by atoms with van der Waals surface area (Å²) < 4.78 is 1.63. The lowest BCUT2D eigenvalue weighted by atomic mass is 10.1. The van der Waals surface area contributed by atoms with Crippen LogP contribution in [-0.2, 0) is 11.3 Å². The number of thioether (sulfide) groups is 1. The van der Waals surface area contributed by atoms with Crippen molar-refractivity contribution >= 4 is 17.7 Å². The Kier molecular flexibility index (Phi) is 7.20. The number of amides is 1. The fourth-order valence-corrected chi connectivity index (χ4v) is 3.75. The summed E-state index contributed by atoms with van der Waals surface area (Å²) in [6, 6.07) is 0.300. The zero-order valence-corrected chi connectivity index (χ0v) is 15.0. The molecule has 6 nitrogen and oxygen atoms in total. The first-order valence-electron chi connectivity index (χ1n) is 8.74. The molecule has 0 unspecified atom stereocenters. The lowest BCUT2D eigenvalue weighted by Gasteiger charge is -2.19. The predicted octanol–water partition coefficient (Wildman–Crippen LogP) is 2.69.